The van der Waals surface area contributed by atoms with Crippen LogP contribution in [0.15, 0.2) is 28.7 Å². The maximum atomic E-state index is 13.1. The fourth-order valence-corrected chi connectivity index (χ4v) is 2.89. The number of nitrogen functional groups attached to an aromatic ring is 1. The SMILES string of the molecule is COc1cc2oc(N)c(C(=O)c3cc(OC)c(OC)c(OC)c3)c2cc1O. The van der Waals surface area contributed by atoms with E-state index in [4.69, 9.17) is 29.1 Å². The molecule has 0 fully saturated rings. The second-order valence-electron chi connectivity index (χ2n) is 5.60. The van der Waals surface area contributed by atoms with Crippen molar-refractivity contribution in [2.75, 3.05) is 34.2 Å². The molecule has 0 saturated heterocycles. The smallest absolute Gasteiger partial charge is 0.203 e. The number of furan rings is 1. The molecule has 0 aliphatic carbocycles. The molecule has 0 radical (unpaired) electrons. The van der Waals surface area contributed by atoms with Gasteiger partial charge in [-0.1, -0.05) is 0 Å². The summed E-state index contributed by atoms with van der Waals surface area (Å²) in [5, 5.41) is 10.4. The summed E-state index contributed by atoms with van der Waals surface area (Å²) < 4.78 is 26.4. The molecular formula is C19H19NO7. The van der Waals surface area contributed by atoms with Crippen LogP contribution in [0.1, 0.15) is 15.9 Å². The fourth-order valence-electron chi connectivity index (χ4n) is 2.89. The number of benzene rings is 2. The molecule has 3 aromatic rings. The molecule has 27 heavy (non-hydrogen) atoms. The number of methoxy groups -OCH3 is 4. The third-order valence-corrected chi connectivity index (χ3v) is 4.17. The van der Waals surface area contributed by atoms with Crippen molar-refractivity contribution >= 4 is 22.6 Å². The van der Waals surface area contributed by atoms with Crippen LogP contribution in [0.2, 0.25) is 0 Å². The number of rotatable bonds is 6. The highest BCUT2D eigenvalue weighted by Gasteiger charge is 2.25. The number of ether oxygens (including phenoxy) is 4. The highest BCUT2D eigenvalue weighted by atomic mass is 16.5. The topological polar surface area (TPSA) is 113 Å². The third kappa shape index (κ3) is 2.95. The average molecular weight is 373 g/mol. The Bertz CT molecular complexity index is 998. The molecule has 0 aliphatic heterocycles. The summed E-state index contributed by atoms with van der Waals surface area (Å²) in [6.07, 6.45) is 0. The van der Waals surface area contributed by atoms with Gasteiger partial charge in [0, 0.05) is 17.0 Å². The number of hydrogen-bond donors (Lipinski definition) is 2. The molecule has 0 saturated carbocycles. The van der Waals surface area contributed by atoms with Crippen molar-refractivity contribution in [3.05, 3.63) is 35.4 Å². The number of carbonyl (C=O) groups is 1. The van der Waals surface area contributed by atoms with Crippen molar-refractivity contribution in [1.82, 2.24) is 0 Å². The summed E-state index contributed by atoms with van der Waals surface area (Å²) in [7, 11) is 5.80. The Balaban J connectivity index is 2.19. The van der Waals surface area contributed by atoms with E-state index in [2.05, 4.69) is 0 Å². The number of phenolic OH excluding ortho intramolecular Hbond substituents is 1. The fraction of sp³-hybridized carbons (Fsp3) is 0.211. The van der Waals surface area contributed by atoms with E-state index in [0.717, 1.165) is 0 Å². The molecule has 142 valence electrons. The van der Waals surface area contributed by atoms with E-state index >= 15 is 0 Å². The zero-order valence-electron chi connectivity index (χ0n) is 15.3. The number of phenols is 1. The van der Waals surface area contributed by atoms with Crippen molar-refractivity contribution in [3.8, 4) is 28.7 Å². The number of ketones is 1. The molecule has 0 amide bonds. The van der Waals surface area contributed by atoms with Gasteiger partial charge in [-0.3, -0.25) is 4.79 Å². The first-order valence-electron chi connectivity index (χ1n) is 7.88. The highest BCUT2D eigenvalue weighted by Crippen LogP contribution is 2.41. The van der Waals surface area contributed by atoms with Crippen molar-refractivity contribution in [2.24, 2.45) is 0 Å². The van der Waals surface area contributed by atoms with E-state index in [0.29, 0.717) is 28.2 Å². The largest absolute Gasteiger partial charge is 0.504 e. The van der Waals surface area contributed by atoms with Gasteiger partial charge >= 0.3 is 0 Å². The van der Waals surface area contributed by atoms with Crippen molar-refractivity contribution in [2.45, 2.75) is 0 Å². The Hall–Kier alpha value is -3.55. The summed E-state index contributed by atoms with van der Waals surface area (Å²) in [6.45, 7) is 0. The minimum Gasteiger partial charge on any atom is -0.504 e. The van der Waals surface area contributed by atoms with Crippen LogP contribution in [-0.2, 0) is 0 Å². The molecule has 2 aromatic carbocycles. The second kappa shape index (κ2) is 6.99. The molecule has 3 N–H and O–H groups in total. The molecule has 1 aromatic heterocycles. The number of fused-ring (bicyclic) bond motifs is 1. The first kappa shape index (κ1) is 18.2. The summed E-state index contributed by atoms with van der Waals surface area (Å²) >= 11 is 0. The maximum Gasteiger partial charge on any atom is 0.203 e. The van der Waals surface area contributed by atoms with E-state index in [1.807, 2.05) is 0 Å². The molecule has 0 bridgehead atoms. The average Bonchev–Trinajstić information content (AvgIpc) is 2.99. The molecule has 0 aliphatic rings. The van der Waals surface area contributed by atoms with Crippen LogP contribution < -0.4 is 24.7 Å². The molecule has 8 heteroatoms. The number of aromatic hydroxyl groups is 1. The lowest BCUT2D eigenvalue weighted by atomic mass is 10.0. The Labute approximate surface area is 155 Å². The van der Waals surface area contributed by atoms with E-state index in [-0.39, 0.29) is 28.5 Å². The Kier molecular flexibility index (Phi) is 4.72. The van der Waals surface area contributed by atoms with Gasteiger partial charge in [0.2, 0.25) is 11.6 Å². The Morgan fingerprint density at radius 3 is 2.04 bits per heavy atom. The Morgan fingerprint density at radius 2 is 1.52 bits per heavy atom. The van der Waals surface area contributed by atoms with Crippen LogP contribution in [0.5, 0.6) is 28.7 Å². The molecule has 0 atom stereocenters. The summed E-state index contributed by atoms with van der Waals surface area (Å²) in [5.74, 6) is 0.607. The van der Waals surface area contributed by atoms with Crippen molar-refractivity contribution < 1.29 is 33.3 Å². The lowest BCUT2D eigenvalue weighted by molar-refractivity contribution is 0.103. The quantitative estimate of drug-likeness (QED) is 0.634. The van der Waals surface area contributed by atoms with E-state index in [1.165, 1.54) is 52.7 Å². The zero-order valence-corrected chi connectivity index (χ0v) is 15.3. The second-order valence-corrected chi connectivity index (χ2v) is 5.60. The molecular weight excluding hydrogens is 354 g/mol. The van der Waals surface area contributed by atoms with Crippen LogP contribution in [0.3, 0.4) is 0 Å². The summed E-state index contributed by atoms with van der Waals surface area (Å²) in [5.41, 5.74) is 6.63. The molecule has 3 rings (SSSR count). The Morgan fingerprint density at radius 1 is 0.926 bits per heavy atom. The van der Waals surface area contributed by atoms with Gasteiger partial charge < -0.3 is 34.2 Å². The summed E-state index contributed by atoms with van der Waals surface area (Å²) in [6, 6.07) is 5.88. The van der Waals surface area contributed by atoms with Gasteiger partial charge in [0.15, 0.2) is 28.8 Å². The minimum atomic E-state index is -0.421. The number of anilines is 1. The normalized spacial score (nSPS) is 10.7. The van der Waals surface area contributed by atoms with E-state index < -0.39 is 5.78 Å². The third-order valence-electron chi connectivity index (χ3n) is 4.17. The minimum absolute atomic E-state index is 0.0728. The van der Waals surface area contributed by atoms with E-state index in [9.17, 15) is 9.90 Å². The standard InChI is InChI=1S/C19H19NO7/c1-23-13-8-12-10(7-11(13)21)16(19(20)27-12)17(22)9-5-14(24-2)18(26-4)15(6-9)25-3/h5-8,21H,20H2,1-4H3. The van der Waals surface area contributed by atoms with Gasteiger partial charge in [0.25, 0.3) is 0 Å². The zero-order chi connectivity index (χ0) is 19.7. The summed E-state index contributed by atoms with van der Waals surface area (Å²) in [4.78, 5) is 13.1. The van der Waals surface area contributed by atoms with Crippen LogP contribution >= 0.6 is 0 Å². The lowest BCUT2D eigenvalue weighted by Gasteiger charge is -2.13. The number of carbonyl (C=O) groups excluding carboxylic acids is 1. The van der Waals surface area contributed by atoms with Crippen LogP contribution in [-0.4, -0.2) is 39.3 Å². The van der Waals surface area contributed by atoms with Gasteiger partial charge in [0.1, 0.15) is 5.58 Å². The van der Waals surface area contributed by atoms with E-state index in [1.54, 1.807) is 0 Å². The van der Waals surface area contributed by atoms with Gasteiger partial charge in [-0.15, -0.1) is 0 Å². The predicted octanol–water partition coefficient (Wildman–Crippen LogP) is 2.99. The monoisotopic (exact) mass is 373 g/mol. The first-order chi connectivity index (χ1) is 12.9. The molecule has 8 nitrogen and oxygen atoms in total. The lowest BCUT2D eigenvalue weighted by Crippen LogP contribution is -2.05. The van der Waals surface area contributed by atoms with Gasteiger partial charge in [0.05, 0.1) is 34.0 Å². The van der Waals surface area contributed by atoms with Crippen molar-refractivity contribution in [3.63, 3.8) is 0 Å². The van der Waals surface area contributed by atoms with Crippen molar-refractivity contribution in [1.29, 1.82) is 0 Å². The number of hydrogen-bond acceptors (Lipinski definition) is 8. The van der Waals surface area contributed by atoms with Crippen LogP contribution in [0.25, 0.3) is 11.0 Å². The predicted molar refractivity (Wildman–Crippen MR) is 98.4 cm³/mol. The number of nitrogens with two attached hydrogens (primary N) is 1. The van der Waals surface area contributed by atoms with Gasteiger partial charge in [-0.05, 0) is 18.2 Å². The first-order valence-corrected chi connectivity index (χ1v) is 7.88. The molecule has 0 spiro atoms. The maximum absolute atomic E-state index is 13.1. The molecule has 0 unspecified atom stereocenters. The highest BCUT2D eigenvalue weighted by molar-refractivity contribution is 6.19. The van der Waals surface area contributed by atoms with Crippen LogP contribution in [0, 0.1) is 0 Å². The van der Waals surface area contributed by atoms with Gasteiger partial charge in [-0.25, -0.2) is 0 Å². The molecule has 1 heterocycles. The van der Waals surface area contributed by atoms with Crippen LogP contribution in [0.4, 0.5) is 5.88 Å². The van der Waals surface area contributed by atoms with Gasteiger partial charge in [-0.2, -0.15) is 0 Å².